The number of pyridine rings is 1. The van der Waals surface area contributed by atoms with E-state index in [4.69, 9.17) is 5.10 Å². The molecule has 1 unspecified atom stereocenters. The second-order valence-corrected chi connectivity index (χ2v) is 10.9. The van der Waals surface area contributed by atoms with Gasteiger partial charge in [-0.2, -0.15) is 5.10 Å². The largest absolute Gasteiger partial charge is 0.345 e. The molecule has 0 saturated carbocycles. The molecule has 1 atom stereocenters. The van der Waals surface area contributed by atoms with Crippen LogP contribution in [0.1, 0.15) is 24.1 Å². The van der Waals surface area contributed by atoms with Gasteiger partial charge in [-0.15, -0.1) is 0 Å². The van der Waals surface area contributed by atoms with Gasteiger partial charge in [0.1, 0.15) is 12.8 Å². The van der Waals surface area contributed by atoms with E-state index in [9.17, 15) is 4.57 Å². The van der Waals surface area contributed by atoms with Gasteiger partial charge in [-0.05, 0) is 50.5 Å². The maximum absolute atomic E-state index is 11.9. The first kappa shape index (κ1) is 16.8. The molecular weight excluding hydrogens is 357 g/mol. The Labute approximate surface area is 158 Å². The lowest BCUT2D eigenvalue weighted by Crippen LogP contribution is -2.25. The molecule has 5 heterocycles. The SMILES string of the molecule is CP(C)(=O)C#Cc1c[nH]c2ncc(-c3cc4n(n3)CCC43CCNC3)cc12. The fourth-order valence-corrected chi connectivity index (χ4v) is 4.61. The van der Waals surface area contributed by atoms with Crippen molar-refractivity contribution < 1.29 is 4.57 Å². The summed E-state index contributed by atoms with van der Waals surface area (Å²) in [5.41, 5.74) is 8.02. The third-order valence-electron chi connectivity index (χ3n) is 5.66. The topological polar surface area (TPSA) is 75.6 Å². The Morgan fingerprint density at radius 2 is 2.19 bits per heavy atom. The van der Waals surface area contributed by atoms with E-state index < -0.39 is 7.14 Å². The Hall–Kier alpha value is -2.35. The first-order valence-electron chi connectivity index (χ1n) is 9.28. The molecule has 7 heteroatoms. The van der Waals surface area contributed by atoms with E-state index in [1.165, 1.54) is 18.5 Å². The smallest absolute Gasteiger partial charge is 0.149 e. The van der Waals surface area contributed by atoms with Crippen molar-refractivity contribution in [1.82, 2.24) is 25.1 Å². The lowest BCUT2D eigenvalue weighted by Gasteiger charge is -2.20. The fraction of sp³-hybridized carbons (Fsp3) is 0.400. The van der Waals surface area contributed by atoms with Crippen molar-refractivity contribution in [2.75, 3.05) is 26.4 Å². The third kappa shape index (κ3) is 2.82. The summed E-state index contributed by atoms with van der Waals surface area (Å²) >= 11 is 0. The van der Waals surface area contributed by atoms with Crippen molar-refractivity contribution in [2.45, 2.75) is 24.8 Å². The molecule has 3 aromatic rings. The van der Waals surface area contributed by atoms with Crippen molar-refractivity contribution in [3.63, 3.8) is 0 Å². The monoisotopic (exact) mass is 379 g/mol. The lowest BCUT2D eigenvalue weighted by atomic mass is 9.82. The first-order valence-corrected chi connectivity index (χ1v) is 11.9. The molecule has 6 nitrogen and oxygen atoms in total. The highest BCUT2D eigenvalue weighted by atomic mass is 31.2. The minimum Gasteiger partial charge on any atom is -0.345 e. The molecule has 2 aliphatic rings. The molecule has 138 valence electrons. The van der Waals surface area contributed by atoms with Crippen LogP contribution >= 0.6 is 7.14 Å². The van der Waals surface area contributed by atoms with Crippen molar-refractivity contribution in [3.8, 4) is 22.8 Å². The number of hydrogen-bond donors (Lipinski definition) is 2. The van der Waals surface area contributed by atoms with E-state index in [1.807, 2.05) is 12.4 Å². The van der Waals surface area contributed by atoms with Crippen molar-refractivity contribution in [3.05, 3.63) is 35.8 Å². The van der Waals surface area contributed by atoms with Gasteiger partial charge in [-0.3, -0.25) is 4.68 Å². The Morgan fingerprint density at radius 1 is 1.30 bits per heavy atom. The van der Waals surface area contributed by atoms with Crippen LogP contribution in [0.25, 0.3) is 22.3 Å². The summed E-state index contributed by atoms with van der Waals surface area (Å²) in [6.07, 6.45) is 6.04. The van der Waals surface area contributed by atoms with E-state index in [1.54, 1.807) is 13.3 Å². The Balaban J connectivity index is 1.56. The summed E-state index contributed by atoms with van der Waals surface area (Å²) in [5.74, 6) is 3.05. The number of nitrogens with one attached hydrogen (secondary N) is 2. The maximum atomic E-state index is 11.9. The summed E-state index contributed by atoms with van der Waals surface area (Å²) in [6.45, 7) is 6.47. The quantitative estimate of drug-likeness (QED) is 0.503. The first-order chi connectivity index (χ1) is 12.9. The van der Waals surface area contributed by atoms with Crippen LogP contribution in [0.5, 0.6) is 0 Å². The summed E-state index contributed by atoms with van der Waals surface area (Å²) < 4.78 is 14.1. The highest BCUT2D eigenvalue weighted by Crippen LogP contribution is 2.41. The van der Waals surface area contributed by atoms with Crippen LogP contribution in [0, 0.1) is 11.6 Å². The van der Waals surface area contributed by atoms with E-state index in [2.05, 4.69) is 43.7 Å². The number of fused-ring (bicyclic) bond motifs is 3. The zero-order valence-corrected chi connectivity index (χ0v) is 16.4. The average molecular weight is 379 g/mol. The fourth-order valence-electron chi connectivity index (χ4n) is 4.22. The zero-order chi connectivity index (χ0) is 18.6. The molecule has 3 aromatic heterocycles. The summed E-state index contributed by atoms with van der Waals surface area (Å²) in [7, 11) is -2.39. The van der Waals surface area contributed by atoms with Gasteiger partial charge >= 0.3 is 0 Å². The molecule has 1 spiro atoms. The van der Waals surface area contributed by atoms with E-state index in [-0.39, 0.29) is 5.41 Å². The van der Waals surface area contributed by atoms with Gasteiger partial charge < -0.3 is 14.9 Å². The molecule has 0 bridgehead atoms. The molecule has 2 aliphatic heterocycles. The molecule has 1 fully saturated rings. The highest BCUT2D eigenvalue weighted by Gasteiger charge is 2.42. The number of nitrogens with zero attached hydrogens (tertiary/aromatic N) is 3. The van der Waals surface area contributed by atoms with Crippen molar-refractivity contribution in [1.29, 1.82) is 0 Å². The van der Waals surface area contributed by atoms with Crippen LogP contribution in [0.15, 0.2) is 24.5 Å². The van der Waals surface area contributed by atoms with Gasteiger partial charge in [-0.1, -0.05) is 5.92 Å². The Morgan fingerprint density at radius 3 is 2.96 bits per heavy atom. The molecule has 1 saturated heterocycles. The zero-order valence-electron chi connectivity index (χ0n) is 15.5. The molecule has 2 N–H and O–H groups in total. The number of rotatable bonds is 1. The predicted octanol–water partition coefficient (Wildman–Crippen LogP) is 2.99. The van der Waals surface area contributed by atoms with E-state index >= 15 is 0 Å². The third-order valence-corrected chi connectivity index (χ3v) is 6.31. The molecule has 0 aromatic carbocycles. The van der Waals surface area contributed by atoms with Crippen LogP contribution in [0.4, 0.5) is 0 Å². The highest BCUT2D eigenvalue weighted by molar-refractivity contribution is 7.67. The minimum atomic E-state index is -2.39. The number of aryl methyl sites for hydroxylation is 1. The Bertz CT molecular complexity index is 1150. The van der Waals surface area contributed by atoms with Crippen LogP contribution < -0.4 is 5.32 Å². The lowest BCUT2D eigenvalue weighted by molar-refractivity contribution is 0.467. The molecule has 0 amide bonds. The van der Waals surface area contributed by atoms with Crippen molar-refractivity contribution in [2.24, 2.45) is 0 Å². The summed E-state index contributed by atoms with van der Waals surface area (Å²) in [6, 6.07) is 4.31. The summed E-state index contributed by atoms with van der Waals surface area (Å²) in [4.78, 5) is 7.68. The van der Waals surface area contributed by atoms with Crippen LogP contribution in [-0.2, 0) is 16.5 Å². The molecule has 0 radical (unpaired) electrons. The van der Waals surface area contributed by atoms with E-state index in [0.717, 1.165) is 47.5 Å². The second-order valence-electron chi connectivity index (χ2n) is 8.01. The van der Waals surface area contributed by atoms with Gasteiger partial charge in [0.2, 0.25) is 0 Å². The second kappa shape index (κ2) is 5.82. The normalized spacial score (nSPS) is 21.6. The van der Waals surface area contributed by atoms with Gasteiger partial charge in [0, 0.05) is 47.5 Å². The van der Waals surface area contributed by atoms with Gasteiger partial charge in [0.15, 0.2) is 0 Å². The van der Waals surface area contributed by atoms with E-state index in [0.29, 0.717) is 0 Å². The molecule has 0 aliphatic carbocycles. The van der Waals surface area contributed by atoms with Gasteiger partial charge in [0.25, 0.3) is 0 Å². The Kier molecular flexibility index (Phi) is 3.62. The van der Waals surface area contributed by atoms with Crippen LogP contribution in [-0.4, -0.2) is 46.2 Å². The average Bonchev–Trinajstić information content (AvgIpc) is 3.38. The predicted molar refractivity (Wildman–Crippen MR) is 107 cm³/mol. The number of aromatic amines is 1. The molecule has 27 heavy (non-hydrogen) atoms. The molecule has 5 rings (SSSR count). The van der Waals surface area contributed by atoms with Crippen LogP contribution in [0.2, 0.25) is 0 Å². The number of hydrogen-bond acceptors (Lipinski definition) is 4. The number of H-pyrrole nitrogens is 1. The number of aromatic nitrogens is 4. The van der Waals surface area contributed by atoms with Gasteiger partial charge in [0.05, 0.1) is 11.3 Å². The van der Waals surface area contributed by atoms with Gasteiger partial charge in [-0.25, -0.2) is 4.98 Å². The van der Waals surface area contributed by atoms with Crippen molar-refractivity contribution >= 4 is 18.2 Å². The standard InChI is InChI=1S/C20H22N5OP/c1-27(2,26)8-3-14-11-22-19-16(14)9-15(12-23-19)17-10-18-20(4-6-21-13-20)5-7-25(18)24-17/h9-12,21H,4-7,13H2,1-2H3,(H,22,23). The summed E-state index contributed by atoms with van der Waals surface area (Å²) in [5, 5.41) is 9.29. The minimum absolute atomic E-state index is 0.247. The van der Waals surface area contributed by atoms with Crippen LogP contribution in [0.3, 0.4) is 0 Å². The maximum Gasteiger partial charge on any atom is 0.149 e. The molecular formula is C20H22N5OP.